The predicted octanol–water partition coefficient (Wildman–Crippen LogP) is 3.96. The molecule has 0 atom stereocenters. The van der Waals surface area contributed by atoms with Crippen molar-refractivity contribution in [3.8, 4) is 0 Å². The van der Waals surface area contributed by atoms with Gasteiger partial charge in [-0.1, -0.05) is 25.7 Å². The van der Waals surface area contributed by atoms with E-state index in [0.717, 1.165) is 28.9 Å². The summed E-state index contributed by atoms with van der Waals surface area (Å²) in [5.74, 6) is 0.962. The first-order valence-corrected chi connectivity index (χ1v) is 13.5. The van der Waals surface area contributed by atoms with Crippen LogP contribution >= 0.6 is 0 Å². The molecule has 0 spiro atoms. The Morgan fingerprint density at radius 2 is 1.74 bits per heavy atom. The van der Waals surface area contributed by atoms with Crippen LogP contribution in [0.4, 0.5) is 0 Å². The summed E-state index contributed by atoms with van der Waals surface area (Å²) in [6, 6.07) is 7.41. The van der Waals surface area contributed by atoms with Crippen LogP contribution in [0.1, 0.15) is 33.5 Å². The first-order chi connectivity index (χ1) is 12.4. The fourth-order valence-electron chi connectivity index (χ4n) is 3.09. The molecule has 148 valence electrons. The molecule has 2 heterocycles. The molecular formula is C20H33BN2O3Si. The van der Waals surface area contributed by atoms with Crippen LogP contribution in [-0.4, -0.2) is 42.6 Å². The Hall–Kier alpha value is -1.15. The fraction of sp³-hybridized carbons (Fsp3) is 0.650. The molecule has 1 aromatic carbocycles. The van der Waals surface area contributed by atoms with E-state index in [2.05, 4.69) is 70.1 Å². The average Bonchev–Trinajstić information content (AvgIpc) is 2.94. The van der Waals surface area contributed by atoms with E-state index in [1.54, 1.807) is 0 Å². The molecule has 0 saturated carbocycles. The number of hydrogen-bond acceptors (Lipinski definition) is 4. The highest BCUT2D eigenvalue weighted by Gasteiger charge is 2.51. The van der Waals surface area contributed by atoms with Crippen molar-refractivity contribution in [2.75, 3.05) is 6.61 Å². The lowest BCUT2D eigenvalue weighted by Gasteiger charge is -2.32. The highest BCUT2D eigenvalue weighted by atomic mass is 28.3. The topological polar surface area (TPSA) is 45.5 Å². The molecular weight excluding hydrogens is 355 g/mol. The van der Waals surface area contributed by atoms with Crippen LogP contribution in [-0.2, 0) is 20.8 Å². The van der Waals surface area contributed by atoms with Crippen molar-refractivity contribution in [1.82, 2.24) is 9.55 Å². The third-order valence-corrected chi connectivity index (χ3v) is 7.41. The molecule has 0 amide bonds. The maximum atomic E-state index is 6.17. The quantitative estimate of drug-likeness (QED) is 0.555. The summed E-state index contributed by atoms with van der Waals surface area (Å²) >= 11 is 0. The van der Waals surface area contributed by atoms with Crippen molar-refractivity contribution in [2.45, 2.75) is 78.2 Å². The van der Waals surface area contributed by atoms with Crippen molar-refractivity contribution >= 4 is 31.7 Å². The maximum absolute atomic E-state index is 6.17. The normalized spacial score (nSPS) is 19.2. The fourth-order valence-corrected chi connectivity index (χ4v) is 3.85. The summed E-state index contributed by atoms with van der Waals surface area (Å²) in [6.07, 6.45) is 0. The number of ether oxygens (including phenoxy) is 1. The Labute approximate surface area is 164 Å². The Kier molecular flexibility index (Phi) is 5.36. The molecule has 3 rings (SSSR count). The summed E-state index contributed by atoms with van der Waals surface area (Å²) < 4.78 is 20.4. The second-order valence-corrected chi connectivity index (χ2v) is 15.4. The summed E-state index contributed by atoms with van der Waals surface area (Å²) in [7, 11) is -1.43. The van der Waals surface area contributed by atoms with Crippen molar-refractivity contribution in [3.05, 3.63) is 24.0 Å². The minimum absolute atomic E-state index is 0.341. The van der Waals surface area contributed by atoms with Gasteiger partial charge in [0.1, 0.15) is 12.6 Å². The van der Waals surface area contributed by atoms with Gasteiger partial charge in [-0.05, 0) is 58.3 Å². The second kappa shape index (κ2) is 7.03. The predicted molar refractivity (Wildman–Crippen MR) is 114 cm³/mol. The van der Waals surface area contributed by atoms with Crippen LogP contribution in [0, 0.1) is 6.92 Å². The highest BCUT2D eigenvalue weighted by Crippen LogP contribution is 2.36. The number of rotatable bonds is 6. The summed E-state index contributed by atoms with van der Waals surface area (Å²) in [5.41, 5.74) is 2.36. The van der Waals surface area contributed by atoms with Gasteiger partial charge in [-0.25, -0.2) is 4.98 Å². The molecule has 0 N–H and O–H groups in total. The molecule has 1 fully saturated rings. The van der Waals surface area contributed by atoms with Gasteiger partial charge < -0.3 is 18.6 Å². The number of fused-ring (bicyclic) bond motifs is 1. The zero-order valence-electron chi connectivity index (χ0n) is 18.0. The van der Waals surface area contributed by atoms with E-state index < -0.39 is 8.07 Å². The third-order valence-electron chi connectivity index (χ3n) is 5.71. The minimum atomic E-state index is -1.07. The zero-order chi connectivity index (χ0) is 20.0. The molecule has 5 nitrogen and oxygen atoms in total. The molecule has 0 unspecified atom stereocenters. The van der Waals surface area contributed by atoms with E-state index in [9.17, 15) is 0 Å². The van der Waals surface area contributed by atoms with Gasteiger partial charge in [0.05, 0.1) is 22.2 Å². The van der Waals surface area contributed by atoms with Gasteiger partial charge >= 0.3 is 7.12 Å². The van der Waals surface area contributed by atoms with E-state index in [-0.39, 0.29) is 18.3 Å². The number of imidazole rings is 1. The van der Waals surface area contributed by atoms with Gasteiger partial charge in [0.2, 0.25) is 0 Å². The minimum Gasteiger partial charge on any atom is -0.399 e. The highest BCUT2D eigenvalue weighted by molar-refractivity contribution is 6.76. The maximum Gasteiger partial charge on any atom is 0.494 e. The number of hydrogen-bond donors (Lipinski definition) is 0. The molecule has 1 saturated heterocycles. The summed E-state index contributed by atoms with van der Waals surface area (Å²) in [5, 5.41) is 0. The van der Waals surface area contributed by atoms with Crippen molar-refractivity contribution < 1.29 is 14.0 Å². The average molecular weight is 388 g/mol. The van der Waals surface area contributed by atoms with E-state index >= 15 is 0 Å². The third kappa shape index (κ3) is 4.31. The summed E-state index contributed by atoms with van der Waals surface area (Å²) in [4.78, 5) is 4.73. The smallest absolute Gasteiger partial charge is 0.399 e. The van der Waals surface area contributed by atoms with Crippen molar-refractivity contribution in [3.63, 3.8) is 0 Å². The number of benzene rings is 1. The SMILES string of the molecule is Cc1nc2cc(B3OC(C)(C)C(C)(C)O3)ccc2n1COCC[Si](C)(C)C. The van der Waals surface area contributed by atoms with Crippen molar-refractivity contribution in [2.24, 2.45) is 0 Å². The van der Waals surface area contributed by atoms with Crippen LogP contribution in [0.15, 0.2) is 18.2 Å². The lowest BCUT2D eigenvalue weighted by Crippen LogP contribution is -2.41. The van der Waals surface area contributed by atoms with Crippen LogP contribution in [0.25, 0.3) is 11.0 Å². The lowest BCUT2D eigenvalue weighted by molar-refractivity contribution is 0.00578. The van der Waals surface area contributed by atoms with Gasteiger partial charge in [-0.3, -0.25) is 0 Å². The largest absolute Gasteiger partial charge is 0.494 e. The Morgan fingerprint density at radius 3 is 2.33 bits per heavy atom. The van der Waals surface area contributed by atoms with E-state index in [1.165, 1.54) is 6.04 Å². The lowest BCUT2D eigenvalue weighted by atomic mass is 9.79. The molecule has 1 aliphatic rings. The first-order valence-electron chi connectivity index (χ1n) is 9.80. The zero-order valence-corrected chi connectivity index (χ0v) is 19.0. The Morgan fingerprint density at radius 1 is 1.11 bits per heavy atom. The van der Waals surface area contributed by atoms with Crippen LogP contribution < -0.4 is 5.46 Å². The molecule has 0 bridgehead atoms. The summed E-state index contributed by atoms with van der Waals surface area (Å²) in [6.45, 7) is 18.8. The van der Waals surface area contributed by atoms with E-state index in [4.69, 9.17) is 19.0 Å². The van der Waals surface area contributed by atoms with Crippen LogP contribution in [0.2, 0.25) is 25.7 Å². The van der Waals surface area contributed by atoms with E-state index in [0.29, 0.717) is 6.73 Å². The Bertz CT molecular complexity index is 810. The number of aromatic nitrogens is 2. The molecule has 0 radical (unpaired) electrons. The number of nitrogens with zero attached hydrogens (tertiary/aromatic N) is 2. The van der Waals surface area contributed by atoms with Crippen molar-refractivity contribution in [1.29, 1.82) is 0 Å². The van der Waals surface area contributed by atoms with Gasteiger partial charge in [0.15, 0.2) is 0 Å². The second-order valence-electron chi connectivity index (χ2n) is 9.77. The Balaban J connectivity index is 1.76. The first kappa shape index (κ1) is 20.6. The van der Waals surface area contributed by atoms with E-state index in [1.807, 2.05) is 6.92 Å². The molecule has 7 heteroatoms. The molecule has 1 aromatic heterocycles. The molecule has 0 aliphatic carbocycles. The molecule has 27 heavy (non-hydrogen) atoms. The molecule has 2 aromatic rings. The van der Waals surface area contributed by atoms with Gasteiger partial charge in [-0.2, -0.15) is 0 Å². The van der Waals surface area contributed by atoms with Crippen LogP contribution in [0.5, 0.6) is 0 Å². The van der Waals surface area contributed by atoms with Crippen LogP contribution in [0.3, 0.4) is 0 Å². The number of aryl methyl sites for hydroxylation is 1. The van der Waals surface area contributed by atoms with Gasteiger partial charge in [0.25, 0.3) is 0 Å². The monoisotopic (exact) mass is 388 g/mol. The molecule has 1 aliphatic heterocycles. The van der Waals surface area contributed by atoms with Gasteiger partial charge in [0, 0.05) is 14.7 Å². The standard InChI is InChI=1S/C20H33BN2O3Si/c1-15-22-17-13-16(21-25-19(2,3)20(4,5)26-21)9-10-18(17)23(15)14-24-11-12-27(6,7)8/h9-10,13H,11-12,14H2,1-8H3. The van der Waals surface area contributed by atoms with Gasteiger partial charge in [-0.15, -0.1) is 0 Å².